The number of hydrogen-bond donors (Lipinski definition) is 2. The van der Waals surface area contributed by atoms with Crippen molar-refractivity contribution in [2.24, 2.45) is 18.0 Å². The molecule has 0 aliphatic carbocycles. The lowest BCUT2D eigenvalue weighted by Crippen LogP contribution is -2.53. The van der Waals surface area contributed by atoms with Crippen molar-refractivity contribution >= 4 is 29.4 Å². The second kappa shape index (κ2) is 12.3. The van der Waals surface area contributed by atoms with Gasteiger partial charge < -0.3 is 24.5 Å². The SMILES string of the molecule is CCOC(=O)C1=C(CN2CCO[C@H](C)[C@H]2CC(C)C(=O)O)NC(c2nccn2C)=N[C@H]1c1ccc(F)cc1Cl. The summed E-state index contributed by atoms with van der Waals surface area (Å²) in [4.78, 5) is 36.4. The van der Waals surface area contributed by atoms with Crippen LogP contribution in [0.3, 0.4) is 0 Å². The number of imidazole rings is 1. The summed E-state index contributed by atoms with van der Waals surface area (Å²) in [5.41, 5.74) is 1.21. The number of ether oxygens (including phenoxy) is 2. The van der Waals surface area contributed by atoms with Gasteiger partial charge in [-0.05, 0) is 32.4 Å². The van der Waals surface area contributed by atoms with Gasteiger partial charge >= 0.3 is 11.9 Å². The smallest absolute Gasteiger partial charge is 0.338 e. The molecule has 2 aromatic rings. The van der Waals surface area contributed by atoms with E-state index in [2.05, 4.69) is 15.2 Å². The summed E-state index contributed by atoms with van der Waals surface area (Å²) in [6.45, 7) is 6.68. The molecule has 1 aromatic heterocycles. The molecule has 0 saturated carbocycles. The Morgan fingerprint density at radius 3 is 2.79 bits per heavy atom. The second-order valence-electron chi connectivity index (χ2n) is 9.73. The molecule has 10 nitrogen and oxygen atoms in total. The summed E-state index contributed by atoms with van der Waals surface area (Å²) >= 11 is 6.47. The number of benzene rings is 1. The van der Waals surface area contributed by atoms with Gasteiger partial charge in [-0.2, -0.15) is 0 Å². The van der Waals surface area contributed by atoms with Gasteiger partial charge in [0, 0.05) is 54.9 Å². The molecule has 1 saturated heterocycles. The standard InChI is InChI=1S/C27H33ClFN5O5/c1-5-38-27(37)22-20(14-34-10-11-39-16(3)21(34)12-15(2)26(35)36)31-24(25-30-8-9-33(25)4)32-23(22)18-7-6-17(29)13-19(18)28/h6-9,13,15-16,21,23H,5,10-12,14H2,1-4H3,(H,31,32)(H,35,36)/t15?,16-,21-,23+/m1/s1. The van der Waals surface area contributed by atoms with Gasteiger partial charge in [-0.1, -0.05) is 24.6 Å². The molecule has 0 radical (unpaired) electrons. The predicted octanol–water partition coefficient (Wildman–Crippen LogP) is 3.32. The topological polar surface area (TPSA) is 118 Å². The molecule has 4 atom stereocenters. The highest BCUT2D eigenvalue weighted by molar-refractivity contribution is 6.31. The lowest BCUT2D eigenvalue weighted by atomic mass is 9.93. The lowest BCUT2D eigenvalue weighted by Gasteiger charge is -2.42. The number of hydrogen-bond acceptors (Lipinski definition) is 8. The molecule has 0 amide bonds. The van der Waals surface area contributed by atoms with Crippen molar-refractivity contribution in [3.8, 4) is 0 Å². The Balaban J connectivity index is 1.82. The summed E-state index contributed by atoms with van der Waals surface area (Å²) in [6.07, 6.45) is 3.56. The molecule has 3 heterocycles. The van der Waals surface area contributed by atoms with Gasteiger partial charge in [0.15, 0.2) is 11.7 Å². The molecule has 210 valence electrons. The number of amidine groups is 1. The Hall–Kier alpha value is -3.28. The molecule has 4 rings (SSSR count). The average Bonchev–Trinajstić information content (AvgIpc) is 3.31. The number of aryl methyl sites for hydroxylation is 1. The van der Waals surface area contributed by atoms with Crippen LogP contribution in [-0.4, -0.2) is 75.8 Å². The number of nitrogens with zero attached hydrogens (tertiary/aromatic N) is 4. The monoisotopic (exact) mass is 561 g/mol. The van der Waals surface area contributed by atoms with E-state index in [9.17, 15) is 19.1 Å². The Morgan fingerprint density at radius 1 is 1.38 bits per heavy atom. The van der Waals surface area contributed by atoms with Crippen LogP contribution in [0.25, 0.3) is 0 Å². The van der Waals surface area contributed by atoms with E-state index in [0.717, 1.165) is 0 Å². The molecule has 0 spiro atoms. The first kappa shape index (κ1) is 28.7. The third-order valence-corrected chi connectivity index (χ3v) is 7.39. The third-order valence-electron chi connectivity index (χ3n) is 7.06. The van der Waals surface area contributed by atoms with Gasteiger partial charge in [0.2, 0.25) is 0 Å². The molecule has 2 aliphatic heterocycles. The van der Waals surface area contributed by atoms with Crippen molar-refractivity contribution in [1.82, 2.24) is 19.8 Å². The number of aliphatic carboxylic acids is 1. The Kier molecular flexibility index (Phi) is 9.04. The van der Waals surface area contributed by atoms with Crippen LogP contribution in [-0.2, 0) is 26.1 Å². The fourth-order valence-corrected chi connectivity index (χ4v) is 5.23. The van der Waals surface area contributed by atoms with E-state index in [1.165, 1.54) is 18.2 Å². The molecule has 39 heavy (non-hydrogen) atoms. The molecular weight excluding hydrogens is 529 g/mol. The van der Waals surface area contributed by atoms with Crippen LogP contribution in [0.4, 0.5) is 4.39 Å². The maximum absolute atomic E-state index is 14.0. The van der Waals surface area contributed by atoms with E-state index in [-0.39, 0.29) is 35.9 Å². The zero-order valence-corrected chi connectivity index (χ0v) is 23.1. The van der Waals surface area contributed by atoms with Gasteiger partial charge in [-0.15, -0.1) is 0 Å². The second-order valence-corrected chi connectivity index (χ2v) is 10.1. The van der Waals surface area contributed by atoms with Gasteiger partial charge in [0.1, 0.15) is 11.9 Å². The highest BCUT2D eigenvalue weighted by Gasteiger charge is 2.38. The molecule has 0 bridgehead atoms. The minimum Gasteiger partial charge on any atom is -0.481 e. The normalized spacial score (nSPS) is 22.7. The van der Waals surface area contributed by atoms with E-state index in [1.54, 1.807) is 30.8 Å². The quantitative estimate of drug-likeness (QED) is 0.448. The lowest BCUT2D eigenvalue weighted by molar-refractivity contribution is -0.143. The first-order valence-corrected chi connectivity index (χ1v) is 13.2. The fraction of sp³-hybridized carbons (Fsp3) is 0.481. The molecule has 1 aromatic carbocycles. The van der Waals surface area contributed by atoms with Crippen molar-refractivity contribution in [1.29, 1.82) is 0 Å². The van der Waals surface area contributed by atoms with Crippen LogP contribution in [0.1, 0.15) is 44.6 Å². The van der Waals surface area contributed by atoms with E-state index in [0.29, 0.717) is 42.5 Å². The zero-order chi connectivity index (χ0) is 28.3. The highest BCUT2D eigenvalue weighted by atomic mass is 35.5. The van der Waals surface area contributed by atoms with Crippen LogP contribution in [0, 0.1) is 11.7 Å². The molecule has 2 aliphatic rings. The number of carbonyl (C=O) groups excluding carboxylic acids is 1. The summed E-state index contributed by atoms with van der Waals surface area (Å²) in [7, 11) is 1.82. The number of carbonyl (C=O) groups is 2. The van der Waals surface area contributed by atoms with Gasteiger partial charge in [-0.3, -0.25) is 14.7 Å². The minimum absolute atomic E-state index is 0.124. The molecule has 1 unspecified atom stereocenters. The van der Waals surface area contributed by atoms with Crippen LogP contribution in [0.2, 0.25) is 5.02 Å². The number of morpholine rings is 1. The number of rotatable bonds is 9. The van der Waals surface area contributed by atoms with Gasteiger partial charge in [0.05, 0.1) is 30.8 Å². The number of halogens is 2. The number of carboxylic acids is 1. The zero-order valence-electron chi connectivity index (χ0n) is 22.4. The van der Waals surface area contributed by atoms with E-state index >= 15 is 0 Å². The Labute approximate surface area is 231 Å². The van der Waals surface area contributed by atoms with Gasteiger partial charge in [0.25, 0.3) is 0 Å². The molecule has 2 N–H and O–H groups in total. The largest absolute Gasteiger partial charge is 0.481 e. The Morgan fingerprint density at radius 2 is 2.15 bits per heavy atom. The first-order chi connectivity index (χ1) is 18.6. The van der Waals surface area contributed by atoms with Crippen molar-refractivity contribution < 1.29 is 28.6 Å². The van der Waals surface area contributed by atoms with Crippen molar-refractivity contribution in [2.75, 3.05) is 26.3 Å². The summed E-state index contributed by atoms with van der Waals surface area (Å²) in [5, 5.41) is 13.0. The van der Waals surface area contributed by atoms with E-state index in [1.807, 2.05) is 14.0 Å². The minimum atomic E-state index is -0.894. The van der Waals surface area contributed by atoms with Crippen molar-refractivity contribution in [3.63, 3.8) is 0 Å². The van der Waals surface area contributed by atoms with Crippen LogP contribution < -0.4 is 5.32 Å². The van der Waals surface area contributed by atoms with Crippen LogP contribution in [0.5, 0.6) is 0 Å². The van der Waals surface area contributed by atoms with Crippen LogP contribution >= 0.6 is 11.6 Å². The number of carboxylic acid groups (broad SMARTS) is 1. The fourth-order valence-electron chi connectivity index (χ4n) is 4.96. The van der Waals surface area contributed by atoms with Gasteiger partial charge in [-0.25, -0.2) is 14.2 Å². The van der Waals surface area contributed by atoms with Crippen molar-refractivity contribution in [2.45, 2.75) is 45.4 Å². The molecule has 12 heteroatoms. The average molecular weight is 562 g/mol. The summed E-state index contributed by atoms with van der Waals surface area (Å²) < 4.78 is 27.1. The number of aliphatic imine (C=N–C) groups is 1. The highest BCUT2D eigenvalue weighted by Crippen LogP contribution is 2.37. The summed E-state index contributed by atoms with van der Waals surface area (Å²) in [5.74, 6) is -1.62. The first-order valence-electron chi connectivity index (χ1n) is 12.9. The number of aromatic nitrogens is 2. The maximum atomic E-state index is 14.0. The van der Waals surface area contributed by atoms with Crippen molar-refractivity contribution in [3.05, 3.63) is 64.1 Å². The predicted molar refractivity (Wildman–Crippen MR) is 143 cm³/mol. The third kappa shape index (κ3) is 6.32. The number of esters is 1. The molecular formula is C27H33ClFN5O5. The number of nitrogens with one attached hydrogen (secondary N) is 1. The summed E-state index contributed by atoms with van der Waals surface area (Å²) in [6, 6.07) is 2.86. The Bertz CT molecular complexity index is 1300. The van der Waals surface area contributed by atoms with Crippen LogP contribution in [0.15, 0.2) is 46.9 Å². The van der Waals surface area contributed by atoms with E-state index in [4.69, 9.17) is 26.1 Å². The molecule has 1 fully saturated rings. The maximum Gasteiger partial charge on any atom is 0.338 e. The van der Waals surface area contributed by atoms with E-state index < -0.39 is 29.7 Å².